The topological polar surface area (TPSA) is 79.8 Å². The van der Waals surface area contributed by atoms with Crippen LogP contribution in [-0.2, 0) is 0 Å². The van der Waals surface area contributed by atoms with E-state index < -0.39 is 12.0 Å². The van der Waals surface area contributed by atoms with Crippen molar-refractivity contribution >= 4 is 12.0 Å². The fourth-order valence-electron chi connectivity index (χ4n) is 0.923. The van der Waals surface area contributed by atoms with Crippen molar-refractivity contribution in [3.8, 4) is 6.07 Å². The van der Waals surface area contributed by atoms with Crippen LogP contribution in [0.3, 0.4) is 0 Å². The van der Waals surface area contributed by atoms with Crippen LogP contribution in [0.4, 0.5) is 14.5 Å². The maximum absolute atomic E-state index is 12.3. The Morgan fingerprint density at radius 3 is 2.71 bits per heavy atom. The zero-order valence-corrected chi connectivity index (χ0v) is 6.87. The number of nitrogens with two attached hydrogens (primary N) is 1. The monoisotopic (exact) mass is 197 g/mol. The molecule has 72 valence electrons. The van der Waals surface area contributed by atoms with Gasteiger partial charge >= 0.3 is 0 Å². The van der Waals surface area contributed by atoms with Crippen molar-refractivity contribution < 1.29 is 13.6 Å². The van der Waals surface area contributed by atoms with Gasteiger partial charge in [-0.1, -0.05) is 0 Å². The van der Waals surface area contributed by atoms with Gasteiger partial charge in [0.25, 0.3) is 6.43 Å². The third-order valence-corrected chi connectivity index (χ3v) is 1.58. The fraction of sp³-hybridized carbons (Fsp3) is 0.125. The van der Waals surface area contributed by atoms with Gasteiger partial charge in [-0.15, -0.1) is 0 Å². The van der Waals surface area contributed by atoms with E-state index >= 15 is 0 Å². The van der Waals surface area contributed by atoms with E-state index in [1.165, 1.54) is 0 Å². The third kappa shape index (κ3) is 1.66. The van der Waals surface area contributed by atoms with Crippen LogP contribution >= 0.6 is 0 Å². The van der Waals surface area contributed by atoms with E-state index in [0.717, 1.165) is 6.07 Å². The number of nitrogens with zero attached hydrogens (tertiary/aromatic N) is 2. The molecule has 0 bridgehead atoms. The Hall–Kier alpha value is -2.03. The molecule has 6 heteroatoms. The lowest BCUT2D eigenvalue weighted by molar-refractivity contribution is 0.111. The lowest BCUT2D eigenvalue weighted by Gasteiger charge is -2.05. The number of pyridine rings is 1. The molecule has 1 heterocycles. The van der Waals surface area contributed by atoms with E-state index in [4.69, 9.17) is 11.0 Å². The average molecular weight is 197 g/mol. The highest BCUT2D eigenvalue weighted by Gasteiger charge is 2.16. The number of alkyl halides is 2. The molecule has 0 aromatic carbocycles. The van der Waals surface area contributed by atoms with Crippen molar-refractivity contribution in [2.24, 2.45) is 0 Å². The highest BCUT2D eigenvalue weighted by atomic mass is 19.3. The number of halogens is 2. The summed E-state index contributed by atoms with van der Waals surface area (Å²) in [5, 5.41) is 8.44. The number of hydrogen-bond donors (Lipinski definition) is 1. The summed E-state index contributed by atoms with van der Waals surface area (Å²) < 4.78 is 24.7. The molecule has 0 saturated heterocycles. The molecule has 0 aliphatic carbocycles. The molecule has 0 atom stereocenters. The average Bonchev–Trinajstić information content (AvgIpc) is 2.17. The summed E-state index contributed by atoms with van der Waals surface area (Å²) in [5.74, 6) is 0. The van der Waals surface area contributed by atoms with Gasteiger partial charge in [0, 0.05) is 5.56 Å². The SMILES string of the molecule is N#Cc1cc(C(F)F)c(N)c(C=O)n1. The minimum Gasteiger partial charge on any atom is -0.396 e. The van der Waals surface area contributed by atoms with Gasteiger partial charge < -0.3 is 5.73 Å². The maximum Gasteiger partial charge on any atom is 0.266 e. The highest BCUT2D eigenvalue weighted by Crippen LogP contribution is 2.26. The smallest absolute Gasteiger partial charge is 0.266 e. The second kappa shape index (κ2) is 3.79. The first-order chi connectivity index (χ1) is 6.60. The van der Waals surface area contributed by atoms with E-state index in [9.17, 15) is 13.6 Å². The van der Waals surface area contributed by atoms with Gasteiger partial charge in [-0.05, 0) is 6.07 Å². The van der Waals surface area contributed by atoms with Crippen LogP contribution in [0.5, 0.6) is 0 Å². The second-order valence-corrected chi connectivity index (χ2v) is 2.43. The molecule has 0 aliphatic rings. The molecule has 0 aliphatic heterocycles. The van der Waals surface area contributed by atoms with E-state index in [-0.39, 0.29) is 23.4 Å². The van der Waals surface area contributed by atoms with Crippen molar-refractivity contribution in [3.05, 3.63) is 23.0 Å². The Balaban J connectivity index is 3.43. The third-order valence-electron chi connectivity index (χ3n) is 1.58. The molecule has 14 heavy (non-hydrogen) atoms. The number of nitriles is 1. The van der Waals surface area contributed by atoms with Gasteiger partial charge in [0.15, 0.2) is 6.29 Å². The molecule has 0 radical (unpaired) electrons. The lowest BCUT2D eigenvalue weighted by atomic mass is 10.1. The number of hydrogen-bond acceptors (Lipinski definition) is 4. The summed E-state index contributed by atoms with van der Waals surface area (Å²) in [6, 6.07) is 2.43. The highest BCUT2D eigenvalue weighted by molar-refractivity contribution is 5.82. The molecule has 0 unspecified atom stereocenters. The Bertz CT molecular complexity index is 412. The predicted octanol–water partition coefficient (Wildman–Crippen LogP) is 1.29. The van der Waals surface area contributed by atoms with E-state index in [0.29, 0.717) is 0 Å². The van der Waals surface area contributed by atoms with Gasteiger partial charge in [0.1, 0.15) is 17.5 Å². The Kier molecular flexibility index (Phi) is 2.72. The van der Waals surface area contributed by atoms with Crippen molar-refractivity contribution in [3.63, 3.8) is 0 Å². The predicted molar refractivity (Wildman–Crippen MR) is 43.7 cm³/mol. The Labute approximate surface area is 78.0 Å². The van der Waals surface area contributed by atoms with Gasteiger partial charge in [-0.2, -0.15) is 5.26 Å². The molecule has 0 saturated carbocycles. The van der Waals surface area contributed by atoms with E-state index in [2.05, 4.69) is 4.98 Å². The first-order valence-corrected chi connectivity index (χ1v) is 3.54. The van der Waals surface area contributed by atoms with Crippen molar-refractivity contribution in [1.29, 1.82) is 5.26 Å². The van der Waals surface area contributed by atoms with Crippen LogP contribution in [0.2, 0.25) is 0 Å². The number of nitrogen functional groups attached to an aromatic ring is 1. The van der Waals surface area contributed by atoms with E-state index in [1.807, 2.05) is 0 Å². The fourth-order valence-corrected chi connectivity index (χ4v) is 0.923. The van der Waals surface area contributed by atoms with Crippen LogP contribution in [0.1, 0.15) is 28.2 Å². The number of aromatic nitrogens is 1. The zero-order chi connectivity index (χ0) is 10.7. The van der Waals surface area contributed by atoms with Crippen LogP contribution < -0.4 is 5.73 Å². The largest absolute Gasteiger partial charge is 0.396 e. The molecule has 0 amide bonds. The second-order valence-electron chi connectivity index (χ2n) is 2.43. The lowest BCUT2D eigenvalue weighted by Crippen LogP contribution is -2.04. The molecule has 2 N–H and O–H groups in total. The van der Waals surface area contributed by atoms with Crippen molar-refractivity contribution in [1.82, 2.24) is 4.98 Å². The summed E-state index contributed by atoms with van der Waals surface area (Å²) in [6.07, 6.45) is -2.59. The van der Waals surface area contributed by atoms with Crippen LogP contribution in [-0.4, -0.2) is 11.3 Å². The number of rotatable bonds is 2. The summed E-state index contributed by atoms with van der Waals surface area (Å²) in [7, 11) is 0. The minimum atomic E-state index is -2.83. The van der Waals surface area contributed by atoms with E-state index in [1.54, 1.807) is 6.07 Å². The molecule has 1 aromatic rings. The normalized spacial score (nSPS) is 9.86. The van der Waals surface area contributed by atoms with Crippen molar-refractivity contribution in [2.45, 2.75) is 6.43 Å². The first kappa shape index (κ1) is 10.1. The summed E-state index contributed by atoms with van der Waals surface area (Å²) in [6.45, 7) is 0. The molecular formula is C8H5F2N3O. The number of aldehydes is 1. The number of carbonyl (C=O) groups is 1. The van der Waals surface area contributed by atoms with Gasteiger partial charge in [-0.25, -0.2) is 13.8 Å². The van der Waals surface area contributed by atoms with Crippen LogP contribution in [0.15, 0.2) is 6.07 Å². The quantitative estimate of drug-likeness (QED) is 0.724. The molecule has 1 rings (SSSR count). The molecule has 0 fully saturated rings. The molecular weight excluding hydrogens is 192 g/mol. The number of anilines is 1. The number of carbonyl (C=O) groups excluding carboxylic acids is 1. The summed E-state index contributed by atoms with van der Waals surface area (Å²) in [4.78, 5) is 13.8. The summed E-state index contributed by atoms with van der Waals surface area (Å²) in [5.41, 5.74) is 3.72. The molecule has 1 aromatic heterocycles. The maximum atomic E-state index is 12.3. The molecule has 0 spiro atoms. The Morgan fingerprint density at radius 1 is 1.64 bits per heavy atom. The zero-order valence-electron chi connectivity index (χ0n) is 6.87. The minimum absolute atomic E-state index is 0.238. The first-order valence-electron chi connectivity index (χ1n) is 3.54. The van der Waals surface area contributed by atoms with Crippen molar-refractivity contribution in [2.75, 3.05) is 5.73 Å². The van der Waals surface area contributed by atoms with Crippen LogP contribution in [0.25, 0.3) is 0 Å². The van der Waals surface area contributed by atoms with Crippen LogP contribution in [0, 0.1) is 11.3 Å². The standard InChI is InChI=1S/C8H5F2N3O/c9-8(10)5-1-4(2-11)13-6(3-14)7(5)12/h1,3,8H,12H2. The van der Waals surface area contributed by atoms with Gasteiger partial charge in [-0.3, -0.25) is 4.79 Å². The summed E-state index contributed by atoms with van der Waals surface area (Å²) >= 11 is 0. The van der Waals surface area contributed by atoms with Gasteiger partial charge in [0.05, 0.1) is 5.69 Å². The Morgan fingerprint density at radius 2 is 2.29 bits per heavy atom. The molecule has 4 nitrogen and oxygen atoms in total. The van der Waals surface area contributed by atoms with Gasteiger partial charge in [0.2, 0.25) is 0 Å².